The summed E-state index contributed by atoms with van der Waals surface area (Å²) in [6.07, 6.45) is 5.37. The second kappa shape index (κ2) is 4.26. The van der Waals surface area contributed by atoms with E-state index in [0.717, 1.165) is 17.6 Å². The Balaban J connectivity index is 2.49. The average Bonchev–Trinajstić information content (AvgIpc) is 2.25. The molecule has 2 aromatic rings. The summed E-state index contributed by atoms with van der Waals surface area (Å²) in [5.74, 6) is 0. The molecule has 76 valence electrons. The van der Waals surface area contributed by atoms with Crippen molar-refractivity contribution in [2.45, 2.75) is 20.3 Å². The molecule has 0 unspecified atom stereocenters. The van der Waals surface area contributed by atoms with Gasteiger partial charge >= 0.3 is 0 Å². The Morgan fingerprint density at radius 1 is 1.20 bits per heavy atom. The zero-order chi connectivity index (χ0) is 10.7. The summed E-state index contributed by atoms with van der Waals surface area (Å²) in [6.45, 7) is 4.16. The van der Waals surface area contributed by atoms with Crippen LogP contribution in [-0.4, -0.2) is 4.98 Å². The largest absolute Gasteiger partial charge is 0.253 e. The average molecular weight is 197 g/mol. The van der Waals surface area contributed by atoms with Crippen LogP contribution in [0.25, 0.3) is 17.0 Å². The molecule has 1 aromatic heterocycles. The number of fused-ring (bicyclic) bond motifs is 1. The van der Waals surface area contributed by atoms with E-state index in [9.17, 15) is 0 Å². The van der Waals surface area contributed by atoms with Crippen molar-refractivity contribution in [1.29, 1.82) is 0 Å². The Kier molecular flexibility index (Phi) is 2.82. The molecule has 1 heteroatoms. The highest BCUT2D eigenvalue weighted by molar-refractivity contribution is 5.81. The molecule has 1 heterocycles. The van der Waals surface area contributed by atoms with Crippen molar-refractivity contribution in [3.63, 3.8) is 0 Å². The van der Waals surface area contributed by atoms with Gasteiger partial charge in [0.25, 0.3) is 0 Å². The van der Waals surface area contributed by atoms with Crippen LogP contribution in [0, 0.1) is 6.92 Å². The minimum absolute atomic E-state index is 1.07. The molecule has 0 aliphatic carbocycles. The summed E-state index contributed by atoms with van der Waals surface area (Å²) < 4.78 is 0. The fourth-order valence-electron chi connectivity index (χ4n) is 1.59. The number of pyridine rings is 1. The molecule has 1 aromatic carbocycles. The molecule has 0 bridgehead atoms. The first-order valence-electron chi connectivity index (χ1n) is 5.33. The maximum Gasteiger partial charge on any atom is 0.0711 e. The summed E-state index contributed by atoms with van der Waals surface area (Å²) in [5.41, 5.74) is 3.37. The van der Waals surface area contributed by atoms with Crippen LogP contribution >= 0.6 is 0 Å². The Labute approximate surface area is 90.5 Å². The molecule has 0 amide bonds. The van der Waals surface area contributed by atoms with E-state index >= 15 is 0 Å². The van der Waals surface area contributed by atoms with Crippen molar-refractivity contribution in [3.8, 4) is 0 Å². The third-order valence-corrected chi connectivity index (χ3v) is 2.40. The lowest BCUT2D eigenvalue weighted by atomic mass is 10.1. The second-order valence-corrected chi connectivity index (χ2v) is 3.72. The van der Waals surface area contributed by atoms with Crippen LogP contribution in [0.1, 0.15) is 24.6 Å². The first-order chi connectivity index (χ1) is 7.29. The number of rotatable bonds is 2. The van der Waals surface area contributed by atoms with E-state index in [1.54, 1.807) is 0 Å². The number of hydrogen-bond donors (Lipinski definition) is 0. The highest BCUT2D eigenvalue weighted by atomic mass is 14.7. The molecule has 0 saturated heterocycles. The molecule has 0 fully saturated rings. The van der Waals surface area contributed by atoms with E-state index in [0.29, 0.717) is 0 Å². The fourth-order valence-corrected chi connectivity index (χ4v) is 1.59. The number of aromatic nitrogens is 1. The van der Waals surface area contributed by atoms with Crippen LogP contribution in [0.15, 0.2) is 36.4 Å². The molecule has 0 N–H and O–H groups in total. The summed E-state index contributed by atoms with van der Waals surface area (Å²) in [5, 5.41) is 1.20. The van der Waals surface area contributed by atoms with E-state index in [4.69, 9.17) is 0 Å². The number of hydrogen-bond acceptors (Lipinski definition) is 1. The van der Waals surface area contributed by atoms with Crippen molar-refractivity contribution in [2.24, 2.45) is 0 Å². The predicted molar refractivity (Wildman–Crippen MR) is 65.8 cm³/mol. The number of aryl methyl sites for hydroxylation is 1. The molecule has 0 aliphatic rings. The van der Waals surface area contributed by atoms with E-state index in [2.05, 4.69) is 48.3 Å². The van der Waals surface area contributed by atoms with Gasteiger partial charge in [0.1, 0.15) is 0 Å². The molecular weight excluding hydrogens is 182 g/mol. The Morgan fingerprint density at radius 2 is 2.00 bits per heavy atom. The minimum atomic E-state index is 1.07. The maximum absolute atomic E-state index is 4.51. The Bertz CT molecular complexity index is 498. The van der Waals surface area contributed by atoms with Crippen molar-refractivity contribution in [3.05, 3.63) is 47.7 Å². The third kappa shape index (κ3) is 2.24. The van der Waals surface area contributed by atoms with Gasteiger partial charge in [-0.2, -0.15) is 0 Å². The topological polar surface area (TPSA) is 12.9 Å². The predicted octanol–water partition coefficient (Wildman–Crippen LogP) is 3.97. The van der Waals surface area contributed by atoms with Crippen LogP contribution in [0.5, 0.6) is 0 Å². The number of benzene rings is 1. The van der Waals surface area contributed by atoms with Crippen molar-refractivity contribution in [1.82, 2.24) is 4.98 Å². The van der Waals surface area contributed by atoms with Crippen LogP contribution < -0.4 is 0 Å². The van der Waals surface area contributed by atoms with Gasteiger partial charge in [-0.1, -0.05) is 37.3 Å². The van der Waals surface area contributed by atoms with Gasteiger partial charge in [-0.15, -0.1) is 0 Å². The molecular formula is C14H15N. The summed E-state index contributed by atoms with van der Waals surface area (Å²) in [4.78, 5) is 4.51. The van der Waals surface area contributed by atoms with Gasteiger partial charge in [0.15, 0.2) is 0 Å². The normalized spacial score (nSPS) is 11.3. The standard InChI is InChI=1S/C14H15N/c1-3-4-5-12-7-9-13-8-6-11(2)15-14(13)10-12/h4-10H,3H2,1-2H3/b5-4+. The van der Waals surface area contributed by atoms with E-state index < -0.39 is 0 Å². The molecule has 2 rings (SSSR count). The second-order valence-electron chi connectivity index (χ2n) is 3.72. The lowest BCUT2D eigenvalue weighted by Crippen LogP contribution is -1.83. The summed E-state index contributed by atoms with van der Waals surface area (Å²) in [6, 6.07) is 10.5. The van der Waals surface area contributed by atoms with Gasteiger partial charge in [0.2, 0.25) is 0 Å². The zero-order valence-electron chi connectivity index (χ0n) is 9.20. The van der Waals surface area contributed by atoms with Crippen molar-refractivity contribution < 1.29 is 0 Å². The fraction of sp³-hybridized carbons (Fsp3) is 0.214. The van der Waals surface area contributed by atoms with Crippen LogP contribution in [0.4, 0.5) is 0 Å². The molecule has 15 heavy (non-hydrogen) atoms. The quantitative estimate of drug-likeness (QED) is 0.710. The molecule has 0 atom stereocenters. The van der Waals surface area contributed by atoms with Crippen molar-refractivity contribution in [2.75, 3.05) is 0 Å². The first kappa shape index (κ1) is 9.91. The molecule has 0 saturated carbocycles. The van der Waals surface area contributed by atoms with Gasteiger partial charge < -0.3 is 0 Å². The van der Waals surface area contributed by atoms with Crippen LogP contribution in [0.2, 0.25) is 0 Å². The highest BCUT2D eigenvalue weighted by Crippen LogP contribution is 2.15. The SMILES string of the molecule is CC/C=C/c1ccc2ccc(C)nc2c1. The maximum atomic E-state index is 4.51. The summed E-state index contributed by atoms with van der Waals surface area (Å²) >= 11 is 0. The molecule has 0 aliphatic heterocycles. The zero-order valence-corrected chi connectivity index (χ0v) is 9.20. The van der Waals surface area contributed by atoms with Gasteiger partial charge in [0.05, 0.1) is 5.52 Å². The van der Waals surface area contributed by atoms with Crippen molar-refractivity contribution >= 4 is 17.0 Å². The van der Waals surface area contributed by atoms with Gasteiger partial charge in [0, 0.05) is 11.1 Å². The van der Waals surface area contributed by atoms with E-state index in [1.807, 2.05) is 13.0 Å². The molecule has 0 spiro atoms. The van der Waals surface area contributed by atoms with E-state index in [-0.39, 0.29) is 0 Å². The molecule has 1 nitrogen and oxygen atoms in total. The smallest absolute Gasteiger partial charge is 0.0711 e. The Hall–Kier alpha value is -1.63. The Morgan fingerprint density at radius 3 is 2.80 bits per heavy atom. The first-order valence-corrected chi connectivity index (χ1v) is 5.33. The van der Waals surface area contributed by atoms with Crippen LogP contribution in [0.3, 0.4) is 0 Å². The number of allylic oxidation sites excluding steroid dienone is 1. The summed E-state index contributed by atoms with van der Waals surface area (Å²) in [7, 11) is 0. The minimum Gasteiger partial charge on any atom is -0.253 e. The molecule has 0 radical (unpaired) electrons. The lowest BCUT2D eigenvalue weighted by Gasteiger charge is -2.00. The monoisotopic (exact) mass is 197 g/mol. The van der Waals surface area contributed by atoms with Gasteiger partial charge in [-0.05, 0) is 31.0 Å². The van der Waals surface area contributed by atoms with Crippen LogP contribution in [-0.2, 0) is 0 Å². The third-order valence-electron chi connectivity index (χ3n) is 2.40. The van der Waals surface area contributed by atoms with Gasteiger partial charge in [-0.3, -0.25) is 4.98 Å². The lowest BCUT2D eigenvalue weighted by molar-refractivity contribution is 1.23. The van der Waals surface area contributed by atoms with E-state index in [1.165, 1.54) is 10.9 Å². The number of nitrogens with zero attached hydrogens (tertiary/aromatic N) is 1. The highest BCUT2D eigenvalue weighted by Gasteiger charge is 1.95. The van der Waals surface area contributed by atoms with Gasteiger partial charge in [-0.25, -0.2) is 0 Å².